The molecule has 0 spiro atoms. The number of fused-ring (bicyclic) bond motifs is 1. The number of ketones is 1. The van der Waals surface area contributed by atoms with Crippen molar-refractivity contribution in [3.8, 4) is 0 Å². The molecule has 5 nitrogen and oxygen atoms in total. The van der Waals surface area contributed by atoms with Crippen LogP contribution in [0.5, 0.6) is 0 Å². The van der Waals surface area contributed by atoms with Crippen LogP contribution in [-0.2, 0) is 10.0 Å². The molecule has 0 aromatic heterocycles. The molecular weight excluding hydrogens is 374 g/mol. The van der Waals surface area contributed by atoms with E-state index in [0.29, 0.717) is 0 Å². The molecule has 2 aromatic carbocycles. The SMILES string of the molecule is CC1/C(=C/N(C)C)C(=O)c2cc(F)ccc2N1S(=O)(=O)c1ccc(F)cc1. The van der Waals surface area contributed by atoms with Crippen LogP contribution in [0.1, 0.15) is 17.3 Å². The Morgan fingerprint density at radius 1 is 1.04 bits per heavy atom. The van der Waals surface area contributed by atoms with Gasteiger partial charge in [0.1, 0.15) is 11.6 Å². The van der Waals surface area contributed by atoms with Gasteiger partial charge in [-0.1, -0.05) is 0 Å². The molecule has 0 saturated heterocycles. The van der Waals surface area contributed by atoms with E-state index in [2.05, 4.69) is 0 Å². The molecule has 0 bridgehead atoms. The number of sulfonamides is 1. The van der Waals surface area contributed by atoms with Crippen molar-refractivity contribution in [3.05, 3.63) is 71.4 Å². The first-order chi connectivity index (χ1) is 12.6. The summed E-state index contributed by atoms with van der Waals surface area (Å²) in [5.41, 5.74) is 0.268. The minimum Gasteiger partial charge on any atom is -0.383 e. The Labute approximate surface area is 156 Å². The van der Waals surface area contributed by atoms with Gasteiger partial charge in [-0.25, -0.2) is 17.2 Å². The summed E-state index contributed by atoms with van der Waals surface area (Å²) in [5.74, 6) is -1.64. The average molecular weight is 392 g/mol. The van der Waals surface area contributed by atoms with Crippen LogP contribution in [0.2, 0.25) is 0 Å². The van der Waals surface area contributed by atoms with E-state index in [4.69, 9.17) is 0 Å². The molecule has 1 aliphatic rings. The van der Waals surface area contributed by atoms with Gasteiger partial charge in [0.2, 0.25) is 0 Å². The normalized spacial score (nSPS) is 18.6. The predicted octanol–water partition coefficient (Wildman–Crippen LogP) is 3.19. The van der Waals surface area contributed by atoms with E-state index in [-0.39, 0.29) is 21.7 Å². The van der Waals surface area contributed by atoms with Gasteiger partial charge in [0, 0.05) is 31.4 Å². The lowest BCUT2D eigenvalue weighted by Crippen LogP contribution is -2.46. The minimum atomic E-state index is -4.11. The third-order valence-corrected chi connectivity index (χ3v) is 6.17. The van der Waals surface area contributed by atoms with Crippen molar-refractivity contribution in [2.75, 3.05) is 18.4 Å². The fraction of sp³-hybridized carbons (Fsp3) is 0.211. The highest BCUT2D eigenvalue weighted by Gasteiger charge is 2.40. The Hall–Kier alpha value is -2.74. The highest BCUT2D eigenvalue weighted by molar-refractivity contribution is 7.92. The zero-order chi connectivity index (χ0) is 19.9. The van der Waals surface area contributed by atoms with E-state index >= 15 is 0 Å². The molecule has 1 atom stereocenters. The molecule has 1 unspecified atom stereocenters. The second kappa shape index (κ2) is 6.77. The van der Waals surface area contributed by atoms with Crippen molar-refractivity contribution < 1.29 is 22.0 Å². The standard InChI is InChI=1S/C19H18F2N2O3S/c1-12-17(11-22(2)3)19(24)16-10-14(21)6-9-18(16)23(12)27(25,26)15-7-4-13(20)5-8-15/h4-12H,1-3H3/b17-11-. The minimum absolute atomic E-state index is 0.0353. The second-order valence-electron chi connectivity index (χ2n) is 6.47. The molecule has 142 valence electrons. The van der Waals surface area contributed by atoms with Gasteiger partial charge in [-0.3, -0.25) is 9.10 Å². The van der Waals surface area contributed by atoms with Crippen LogP contribution in [0.25, 0.3) is 0 Å². The summed E-state index contributed by atoms with van der Waals surface area (Å²) in [7, 11) is -0.711. The summed E-state index contributed by atoms with van der Waals surface area (Å²) < 4.78 is 54.6. The molecule has 1 aliphatic heterocycles. The molecule has 27 heavy (non-hydrogen) atoms. The van der Waals surface area contributed by atoms with Gasteiger partial charge in [-0.15, -0.1) is 0 Å². The maximum Gasteiger partial charge on any atom is 0.264 e. The summed E-state index contributed by atoms with van der Waals surface area (Å²) in [6.07, 6.45) is 1.52. The number of halogens is 2. The summed E-state index contributed by atoms with van der Waals surface area (Å²) in [6.45, 7) is 1.58. The Balaban J connectivity index is 2.26. The lowest BCUT2D eigenvalue weighted by molar-refractivity contribution is 0.102. The van der Waals surface area contributed by atoms with Crippen molar-refractivity contribution in [1.29, 1.82) is 0 Å². The molecule has 0 saturated carbocycles. The van der Waals surface area contributed by atoms with Crippen LogP contribution < -0.4 is 4.31 Å². The first-order valence-corrected chi connectivity index (χ1v) is 9.59. The van der Waals surface area contributed by atoms with Gasteiger partial charge in [0.15, 0.2) is 5.78 Å². The molecule has 8 heteroatoms. The van der Waals surface area contributed by atoms with E-state index < -0.39 is 33.5 Å². The lowest BCUT2D eigenvalue weighted by Gasteiger charge is -2.37. The maximum atomic E-state index is 13.8. The van der Waals surface area contributed by atoms with Crippen molar-refractivity contribution >= 4 is 21.5 Å². The highest BCUT2D eigenvalue weighted by Crippen LogP contribution is 2.38. The second-order valence-corrected chi connectivity index (χ2v) is 8.28. The number of nitrogens with zero attached hydrogens (tertiary/aromatic N) is 2. The Kier molecular flexibility index (Phi) is 4.77. The summed E-state index contributed by atoms with van der Waals surface area (Å²) in [5, 5.41) is 0. The molecule has 0 radical (unpaired) electrons. The van der Waals surface area contributed by atoms with Crippen LogP contribution >= 0.6 is 0 Å². The summed E-state index contributed by atoms with van der Waals surface area (Å²) >= 11 is 0. The molecule has 3 rings (SSSR count). The molecule has 0 N–H and O–H groups in total. The largest absolute Gasteiger partial charge is 0.383 e. The number of anilines is 1. The van der Waals surface area contributed by atoms with E-state index in [1.165, 1.54) is 12.3 Å². The number of hydrogen-bond acceptors (Lipinski definition) is 4. The van der Waals surface area contributed by atoms with Crippen LogP contribution in [0.4, 0.5) is 14.5 Å². The fourth-order valence-corrected chi connectivity index (χ4v) is 4.72. The van der Waals surface area contributed by atoms with Crippen LogP contribution in [0.15, 0.2) is 59.1 Å². The summed E-state index contributed by atoms with van der Waals surface area (Å²) in [4.78, 5) is 14.3. The topological polar surface area (TPSA) is 57.7 Å². The molecular formula is C19H18F2N2O3S. The molecule has 2 aromatic rings. The number of hydrogen-bond donors (Lipinski definition) is 0. The highest BCUT2D eigenvalue weighted by atomic mass is 32.2. The Morgan fingerprint density at radius 2 is 1.63 bits per heavy atom. The molecule has 0 amide bonds. The monoisotopic (exact) mass is 392 g/mol. The molecule has 0 aliphatic carbocycles. The van der Waals surface area contributed by atoms with E-state index in [9.17, 15) is 22.0 Å². The molecule has 1 heterocycles. The van der Waals surface area contributed by atoms with Gasteiger partial charge in [-0.2, -0.15) is 0 Å². The third-order valence-electron chi connectivity index (χ3n) is 4.27. The zero-order valence-electron chi connectivity index (χ0n) is 15.0. The number of carbonyl (C=O) groups is 1. The lowest BCUT2D eigenvalue weighted by atomic mass is 9.92. The smallest absolute Gasteiger partial charge is 0.264 e. The van der Waals surface area contributed by atoms with Crippen molar-refractivity contribution in [2.24, 2.45) is 0 Å². The fourth-order valence-electron chi connectivity index (χ4n) is 3.06. The van der Waals surface area contributed by atoms with Crippen LogP contribution in [0, 0.1) is 11.6 Å². The van der Waals surface area contributed by atoms with E-state index in [1.54, 1.807) is 25.9 Å². The van der Waals surface area contributed by atoms with Gasteiger partial charge >= 0.3 is 0 Å². The first kappa shape index (κ1) is 19.0. The quantitative estimate of drug-likeness (QED) is 0.753. The van der Waals surface area contributed by atoms with Crippen molar-refractivity contribution in [3.63, 3.8) is 0 Å². The number of rotatable bonds is 3. The van der Waals surface area contributed by atoms with Crippen LogP contribution in [-0.4, -0.2) is 39.2 Å². The van der Waals surface area contributed by atoms with Gasteiger partial charge in [0.25, 0.3) is 10.0 Å². The third kappa shape index (κ3) is 3.32. The zero-order valence-corrected chi connectivity index (χ0v) is 15.8. The Morgan fingerprint density at radius 3 is 2.22 bits per heavy atom. The van der Waals surface area contributed by atoms with Crippen molar-refractivity contribution in [1.82, 2.24) is 4.90 Å². The molecule has 0 fully saturated rings. The maximum absolute atomic E-state index is 13.8. The van der Waals surface area contributed by atoms with Gasteiger partial charge in [0.05, 0.1) is 16.6 Å². The number of benzene rings is 2. The van der Waals surface area contributed by atoms with Crippen LogP contribution in [0.3, 0.4) is 0 Å². The first-order valence-electron chi connectivity index (χ1n) is 8.15. The average Bonchev–Trinajstić information content (AvgIpc) is 2.59. The van der Waals surface area contributed by atoms with E-state index in [1.807, 2.05) is 0 Å². The van der Waals surface area contributed by atoms with Crippen molar-refractivity contribution in [2.45, 2.75) is 17.9 Å². The van der Waals surface area contributed by atoms with E-state index in [0.717, 1.165) is 40.7 Å². The van der Waals surface area contributed by atoms with Gasteiger partial charge in [-0.05, 0) is 49.4 Å². The number of Topliss-reactive ketones (excluding diaryl/α,β-unsaturated/α-hetero) is 1. The Bertz CT molecular complexity index is 1030. The van der Waals surface area contributed by atoms with Gasteiger partial charge < -0.3 is 4.90 Å². The predicted molar refractivity (Wildman–Crippen MR) is 98.0 cm³/mol. The summed E-state index contributed by atoms with van der Waals surface area (Å²) in [6, 6.07) is 7.00. The number of carbonyl (C=O) groups excluding carboxylic acids is 1.